The van der Waals surface area contributed by atoms with Crippen LogP contribution in [0.15, 0.2) is 23.6 Å². The van der Waals surface area contributed by atoms with Gasteiger partial charge in [0.15, 0.2) is 0 Å². The summed E-state index contributed by atoms with van der Waals surface area (Å²) in [4.78, 5) is 36.5. The molecule has 0 aliphatic heterocycles. The summed E-state index contributed by atoms with van der Waals surface area (Å²) >= 11 is 1.45. The molecule has 0 saturated heterocycles. The highest BCUT2D eigenvalue weighted by molar-refractivity contribution is 7.10. The molecule has 22 heavy (non-hydrogen) atoms. The molecule has 1 fully saturated rings. The van der Waals surface area contributed by atoms with Gasteiger partial charge in [0, 0.05) is 10.3 Å². The number of aliphatic carboxylic acids is 1. The van der Waals surface area contributed by atoms with Crippen LogP contribution in [0, 0.1) is 30.6 Å². The lowest BCUT2D eigenvalue weighted by Crippen LogP contribution is -2.48. The van der Waals surface area contributed by atoms with E-state index in [1.807, 2.05) is 19.1 Å². The third kappa shape index (κ3) is 2.52. The predicted molar refractivity (Wildman–Crippen MR) is 80.0 cm³/mol. The zero-order valence-electron chi connectivity index (χ0n) is 11.9. The average Bonchev–Trinajstić information content (AvgIpc) is 3.18. The molecule has 2 amide bonds. The van der Waals surface area contributed by atoms with Gasteiger partial charge < -0.3 is 5.11 Å². The van der Waals surface area contributed by atoms with Gasteiger partial charge in [-0.15, -0.1) is 11.3 Å². The van der Waals surface area contributed by atoms with Gasteiger partial charge in [0.05, 0.1) is 17.4 Å². The minimum absolute atomic E-state index is 0.0635. The van der Waals surface area contributed by atoms with Crippen molar-refractivity contribution in [2.24, 2.45) is 23.7 Å². The van der Waals surface area contributed by atoms with Crippen LogP contribution in [-0.4, -0.2) is 22.9 Å². The number of hydrogen-bond donors (Lipinski definition) is 3. The fraction of sp³-hybridized carbons (Fsp3) is 0.400. The molecule has 1 aromatic rings. The molecule has 1 aromatic heterocycles. The molecule has 2 bridgehead atoms. The van der Waals surface area contributed by atoms with Crippen LogP contribution < -0.4 is 10.9 Å². The standard InChI is InChI=1S/C15H16N2O4S/c1-7-4-10(6-22-7)13(18)16-17-14(19)11-8-2-3-9(5-8)12(11)15(20)21/h2-4,6,8-9,11-12H,5H2,1H3,(H,16,18)(H,17,19)(H,20,21)/t8-,9-,11-,12-/m0/s1. The smallest absolute Gasteiger partial charge is 0.307 e. The first kappa shape index (κ1) is 14.8. The van der Waals surface area contributed by atoms with Crippen molar-refractivity contribution in [1.29, 1.82) is 0 Å². The molecular weight excluding hydrogens is 304 g/mol. The van der Waals surface area contributed by atoms with E-state index in [-0.39, 0.29) is 11.8 Å². The SMILES string of the molecule is Cc1cc(C(=O)NNC(=O)[C@@H]2[C@@H](C(=O)O)[C@H]3C=C[C@H]2C3)cs1. The Kier molecular flexibility index (Phi) is 3.74. The molecule has 0 aromatic carbocycles. The van der Waals surface area contributed by atoms with E-state index in [9.17, 15) is 19.5 Å². The monoisotopic (exact) mass is 320 g/mol. The molecule has 4 atom stereocenters. The van der Waals surface area contributed by atoms with Crippen LogP contribution in [-0.2, 0) is 9.59 Å². The highest BCUT2D eigenvalue weighted by Crippen LogP contribution is 2.48. The van der Waals surface area contributed by atoms with E-state index in [0.717, 1.165) is 4.88 Å². The molecule has 2 aliphatic rings. The van der Waals surface area contributed by atoms with Gasteiger partial charge in [-0.1, -0.05) is 12.2 Å². The lowest BCUT2D eigenvalue weighted by atomic mass is 9.82. The van der Waals surface area contributed by atoms with E-state index < -0.39 is 29.6 Å². The number of fused-ring (bicyclic) bond motifs is 2. The number of aryl methyl sites for hydroxylation is 1. The number of carbonyl (C=O) groups excluding carboxylic acids is 2. The third-order valence-corrected chi connectivity index (χ3v) is 5.20. The van der Waals surface area contributed by atoms with Crippen LogP contribution in [0.3, 0.4) is 0 Å². The molecule has 116 valence electrons. The minimum atomic E-state index is -0.961. The number of rotatable bonds is 3. The molecule has 1 saturated carbocycles. The van der Waals surface area contributed by atoms with E-state index in [1.165, 1.54) is 11.3 Å². The molecule has 3 N–H and O–H groups in total. The number of hydrazine groups is 1. The van der Waals surface area contributed by atoms with E-state index in [2.05, 4.69) is 10.9 Å². The number of allylic oxidation sites excluding steroid dienone is 2. The normalized spacial score (nSPS) is 28.6. The van der Waals surface area contributed by atoms with Gasteiger partial charge in [0.25, 0.3) is 5.91 Å². The topological polar surface area (TPSA) is 95.5 Å². The zero-order valence-corrected chi connectivity index (χ0v) is 12.7. The Morgan fingerprint density at radius 3 is 2.45 bits per heavy atom. The van der Waals surface area contributed by atoms with Crippen molar-refractivity contribution in [3.63, 3.8) is 0 Å². The van der Waals surface area contributed by atoms with Gasteiger partial charge in [0.1, 0.15) is 0 Å². The molecule has 0 radical (unpaired) electrons. The maximum atomic E-state index is 12.3. The largest absolute Gasteiger partial charge is 0.481 e. The van der Waals surface area contributed by atoms with Crippen LogP contribution in [0.25, 0.3) is 0 Å². The van der Waals surface area contributed by atoms with Crippen molar-refractivity contribution in [2.45, 2.75) is 13.3 Å². The first-order valence-corrected chi connectivity index (χ1v) is 7.92. The molecule has 0 unspecified atom stereocenters. The van der Waals surface area contributed by atoms with Crippen molar-refractivity contribution in [2.75, 3.05) is 0 Å². The summed E-state index contributed by atoms with van der Waals surface area (Å²) in [5, 5.41) is 11.0. The summed E-state index contributed by atoms with van der Waals surface area (Å²) in [7, 11) is 0. The van der Waals surface area contributed by atoms with Gasteiger partial charge in [0.2, 0.25) is 5.91 Å². The summed E-state index contributed by atoms with van der Waals surface area (Å²) in [6.45, 7) is 1.89. The first-order valence-electron chi connectivity index (χ1n) is 7.04. The Morgan fingerprint density at radius 2 is 1.86 bits per heavy atom. The summed E-state index contributed by atoms with van der Waals surface area (Å²) in [5.74, 6) is -3.29. The average molecular weight is 320 g/mol. The van der Waals surface area contributed by atoms with Crippen LogP contribution in [0.4, 0.5) is 0 Å². The van der Waals surface area contributed by atoms with Crippen LogP contribution >= 0.6 is 11.3 Å². The van der Waals surface area contributed by atoms with Crippen LogP contribution in [0.5, 0.6) is 0 Å². The second kappa shape index (κ2) is 5.57. The molecule has 2 aliphatic carbocycles. The Labute approximate surface area is 131 Å². The number of hydrogen-bond acceptors (Lipinski definition) is 4. The van der Waals surface area contributed by atoms with Crippen molar-refractivity contribution < 1.29 is 19.5 Å². The van der Waals surface area contributed by atoms with Gasteiger partial charge in [-0.3, -0.25) is 25.2 Å². The van der Waals surface area contributed by atoms with Gasteiger partial charge in [-0.05, 0) is 31.2 Å². The Balaban J connectivity index is 1.63. The second-order valence-corrected chi connectivity index (χ2v) is 6.84. The molecule has 1 heterocycles. The first-order chi connectivity index (χ1) is 10.5. The molecule has 3 rings (SSSR count). The summed E-state index contributed by atoms with van der Waals surface area (Å²) in [6.07, 6.45) is 4.46. The van der Waals surface area contributed by atoms with Gasteiger partial charge in [-0.25, -0.2) is 0 Å². The lowest BCUT2D eigenvalue weighted by molar-refractivity contribution is -0.148. The van der Waals surface area contributed by atoms with Crippen LogP contribution in [0.2, 0.25) is 0 Å². The van der Waals surface area contributed by atoms with Crippen LogP contribution in [0.1, 0.15) is 21.7 Å². The fourth-order valence-corrected chi connectivity index (χ4v) is 4.04. The summed E-state index contributed by atoms with van der Waals surface area (Å²) in [5.41, 5.74) is 5.21. The number of carboxylic acids is 1. The van der Waals surface area contributed by atoms with Gasteiger partial charge in [-0.2, -0.15) is 0 Å². The summed E-state index contributed by atoms with van der Waals surface area (Å²) < 4.78 is 0. The van der Waals surface area contributed by atoms with Gasteiger partial charge >= 0.3 is 5.97 Å². The van der Waals surface area contributed by atoms with Crippen molar-refractivity contribution in [3.05, 3.63) is 34.0 Å². The van der Waals surface area contributed by atoms with Crippen molar-refractivity contribution in [1.82, 2.24) is 10.9 Å². The summed E-state index contributed by atoms with van der Waals surface area (Å²) in [6, 6.07) is 1.73. The minimum Gasteiger partial charge on any atom is -0.481 e. The number of carbonyl (C=O) groups is 3. The van der Waals surface area contributed by atoms with E-state index in [4.69, 9.17) is 0 Å². The fourth-order valence-electron chi connectivity index (χ4n) is 3.35. The second-order valence-electron chi connectivity index (χ2n) is 5.73. The molecule has 7 heteroatoms. The number of thiophene rings is 1. The maximum Gasteiger partial charge on any atom is 0.307 e. The Hall–Kier alpha value is -2.15. The number of nitrogens with one attached hydrogen (secondary N) is 2. The molecule has 6 nitrogen and oxygen atoms in total. The molecular formula is C15H16N2O4S. The molecule has 0 spiro atoms. The predicted octanol–water partition coefficient (Wildman–Crippen LogP) is 1.34. The van der Waals surface area contributed by atoms with Crippen molar-refractivity contribution >= 4 is 29.1 Å². The Morgan fingerprint density at radius 1 is 1.18 bits per heavy atom. The van der Waals surface area contributed by atoms with E-state index >= 15 is 0 Å². The zero-order chi connectivity index (χ0) is 15.9. The van der Waals surface area contributed by atoms with Crippen molar-refractivity contribution in [3.8, 4) is 0 Å². The Bertz CT molecular complexity index is 666. The highest BCUT2D eigenvalue weighted by atomic mass is 32.1. The maximum absolute atomic E-state index is 12.3. The third-order valence-electron chi connectivity index (χ3n) is 4.34. The van der Waals surface area contributed by atoms with E-state index in [0.29, 0.717) is 12.0 Å². The quantitative estimate of drug-likeness (QED) is 0.578. The number of carboxylic acid groups (broad SMARTS) is 1. The highest BCUT2D eigenvalue weighted by Gasteiger charge is 2.51. The van der Waals surface area contributed by atoms with E-state index in [1.54, 1.807) is 11.4 Å². The number of amides is 2. The lowest BCUT2D eigenvalue weighted by Gasteiger charge is -2.23.